The van der Waals surface area contributed by atoms with E-state index in [1.165, 1.54) is 0 Å². The Morgan fingerprint density at radius 2 is 1.93 bits per heavy atom. The molecule has 0 heterocycles. The molecule has 0 aliphatic heterocycles. The average molecular weight is 189 g/mol. The maximum Gasteiger partial charge on any atom is 0.250 e. The third kappa shape index (κ3) is 3.59. The van der Waals surface area contributed by atoms with E-state index in [2.05, 4.69) is 4.85 Å². The highest BCUT2D eigenvalue weighted by atomic mass is 16.5. The fourth-order valence-corrected chi connectivity index (χ4v) is 1.03. The van der Waals surface area contributed by atoms with Gasteiger partial charge in [-0.3, -0.25) is 0 Å². The first-order valence-electron chi connectivity index (χ1n) is 4.64. The number of hydrogen-bond acceptors (Lipinski definition) is 1. The van der Waals surface area contributed by atoms with E-state index < -0.39 is 5.54 Å². The van der Waals surface area contributed by atoms with Crippen molar-refractivity contribution in [1.82, 2.24) is 0 Å². The van der Waals surface area contributed by atoms with Crippen LogP contribution in [0.15, 0.2) is 30.3 Å². The largest absolute Gasteiger partial charge is 0.368 e. The Balaban J connectivity index is 2.34. The van der Waals surface area contributed by atoms with Crippen LogP contribution in [0.25, 0.3) is 4.85 Å². The van der Waals surface area contributed by atoms with Gasteiger partial charge in [0.25, 0.3) is 0 Å². The van der Waals surface area contributed by atoms with Crippen molar-refractivity contribution >= 4 is 0 Å². The highest BCUT2D eigenvalue weighted by Gasteiger charge is 2.22. The van der Waals surface area contributed by atoms with Gasteiger partial charge in [-0.05, 0) is 5.56 Å². The third-order valence-corrected chi connectivity index (χ3v) is 1.87. The molecule has 2 nitrogen and oxygen atoms in total. The first-order valence-corrected chi connectivity index (χ1v) is 4.64. The summed E-state index contributed by atoms with van der Waals surface area (Å²) < 4.78 is 5.46. The van der Waals surface area contributed by atoms with Crippen LogP contribution in [-0.2, 0) is 11.3 Å². The minimum Gasteiger partial charge on any atom is -0.368 e. The van der Waals surface area contributed by atoms with Crippen LogP contribution in [0.2, 0.25) is 0 Å². The van der Waals surface area contributed by atoms with Crippen molar-refractivity contribution in [2.45, 2.75) is 26.0 Å². The Kier molecular flexibility index (Phi) is 3.67. The minimum atomic E-state index is -0.408. The zero-order valence-electron chi connectivity index (χ0n) is 8.66. The predicted octanol–water partition coefficient (Wildman–Crippen LogP) is 2.90. The van der Waals surface area contributed by atoms with Gasteiger partial charge in [-0.2, -0.15) is 0 Å². The summed E-state index contributed by atoms with van der Waals surface area (Å²) in [5.74, 6) is 0. The molecule has 1 aromatic carbocycles. The van der Waals surface area contributed by atoms with E-state index in [0.29, 0.717) is 13.2 Å². The molecule has 0 atom stereocenters. The lowest BCUT2D eigenvalue weighted by Crippen LogP contribution is -2.21. The molecular formula is C12H15NO. The van der Waals surface area contributed by atoms with Crippen LogP contribution >= 0.6 is 0 Å². The van der Waals surface area contributed by atoms with Crippen molar-refractivity contribution < 1.29 is 4.74 Å². The Morgan fingerprint density at radius 3 is 2.50 bits per heavy atom. The molecule has 74 valence electrons. The van der Waals surface area contributed by atoms with Gasteiger partial charge in [0.15, 0.2) is 0 Å². The Morgan fingerprint density at radius 1 is 1.29 bits per heavy atom. The first-order chi connectivity index (χ1) is 6.64. The lowest BCUT2D eigenvalue weighted by atomic mass is 10.1. The van der Waals surface area contributed by atoms with Gasteiger partial charge >= 0.3 is 0 Å². The number of ether oxygens (including phenoxy) is 1. The molecule has 0 radical (unpaired) electrons. The summed E-state index contributed by atoms with van der Waals surface area (Å²) in [6, 6.07) is 9.99. The lowest BCUT2D eigenvalue weighted by Gasteiger charge is -2.11. The van der Waals surface area contributed by atoms with Gasteiger partial charge in [0, 0.05) is 13.8 Å². The van der Waals surface area contributed by atoms with Gasteiger partial charge < -0.3 is 9.58 Å². The molecule has 0 unspecified atom stereocenters. The van der Waals surface area contributed by atoms with E-state index in [1.54, 1.807) is 0 Å². The second-order valence-corrected chi connectivity index (χ2v) is 3.90. The predicted molar refractivity (Wildman–Crippen MR) is 56.8 cm³/mol. The molecule has 1 aromatic rings. The quantitative estimate of drug-likeness (QED) is 0.664. The number of nitrogens with zero attached hydrogens (tertiary/aromatic N) is 1. The van der Waals surface area contributed by atoms with E-state index in [0.717, 1.165) is 5.56 Å². The SMILES string of the molecule is [C-]#[N+]C(C)(C)COCc1ccccc1. The molecule has 0 amide bonds. The van der Waals surface area contributed by atoms with Gasteiger partial charge in [-0.1, -0.05) is 30.3 Å². The normalized spacial score (nSPS) is 10.9. The zero-order chi connectivity index (χ0) is 10.4. The smallest absolute Gasteiger partial charge is 0.250 e. The van der Waals surface area contributed by atoms with Crippen molar-refractivity contribution in [3.63, 3.8) is 0 Å². The highest BCUT2D eigenvalue weighted by molar-refractivity contribution is 5.13. The van der Waals surface area contributed by atoms with Gasteiger partial charge in [0.05, 0.1) is 6.61 Å². The van der Waals surface area contributed by atoms with Crippen LogP contribution in [-0.4, -0.2) is 12.1 Å². The Labute approximate surface area is 85.3 Å². The first kappa shape index (κ1) is 10.7. The van der Waals surface area contributed by atoms with E-state index in [9.17, 15) is 0 Å². The molecule has 0 spiro atoms. The van der Waals surface area contributed by atoms with E-state index in [1.807, 2.05) is 44.2 Å². The molecule has 0 aliphatic carbocycles. The number of hydrogen-bond donors (Lipinski definition) is 0. The number of rotatable bonds is 4. The summed E-state index contributed by atoms with van der Waals surface area (Å²) >= 11 is 0. The number of benzene rings is 1. The molecule has 0 saturated carbocycles. The van der Waals surface area contributed by atoms with Crippen molar-refractivity contribution in [2.24, 2.45) is 0 Å². The Bertz CT molecular complexity index is 311. The van der Waals surface area contributed by atoms with Crippen LogP contribution in [0.3, 0.4) is 0 Å². The van der Waals surface area contributed by atoms with Gasteiger partial charge in [-0.15, -0.1) is 0 Å². The van der Waals surface area contributed by atoms with Gasteiger partial charge in [0.2, 0.25) is 5.54 Å². The van der Waals surface area contributed by atoms with E-state index >= 15 is 0 Å². The summed E-state index contributed by atoms with van der Waals surface area (Å²) in [6.45, 7) is 11.8. The molecule has 0 N–H and O–H groups in total. The molecule has 0 saturated heterocycles. The molecule has 0 aromatic heterocycles. The van der Waals surface area contributed by atoms with E-state index in [-0.39, 0.29) is 0 Å². The molecule has 0 bridgehead atoms. The topological polar surface area (TPSA) is 13.6 Å². The monoisotopic (exact) mass is 189 g/mol. The molecule has 1 rings (SSSR count). The summed E-state index contributed by atoms with van der Waals surface area (Å²) in [5.41, 5.74) is 0.739. The molecule has 14 heavy (non-hydrogen) atoms. The van der Waals surface area contributed by atoms with Crippen LogP contribution in [0.5, 0.6) is 0 Å². The minimum absolute atomic E-state index is 0.408. The second-order valence-electron chi connectivity index (χ2n) is 3.90. The molecule has 0 aliphatic rings. The summed E-state index contributed by atoms with van der Waals surface area (Å²) in [5, 5.41) is 0. The van der Waals surface area contributed by atoms with Gasteiger partial charge in [0.1, 0.15) is 6.61 Å². The lowest BCUT2D eigenvalue weighted by molar-refractivity contribution is 0.0958. The fraction of sp³-hybridized carbons (Fsp3) is 0.417. The van der Waals surface area contributed by atoms with Crippen molar-refractivity contribution in [3.8, 4) is 0 Å². The highest BCUT2D eigenvalue weighted by Crippen LogP contribution is 2.10. The standard InChI is InChI=1S/C12H15NO/c1-12(2,13-3)10-14-9-11-7-5-4-6-8-11/h4-8H,9-10H2,1-2H3. The summed E-state index contributed by atoms with van der Waals surface area (Å²) in [4.78, 5) is 3.48. The van der Waals surface area contributed by atoms with Crippen LogP contribution in [0.4, 0.5) is 0 Å². The molecule has 2 heteroatoms. The van der Waals surface area contributed by atoms with Crippen molar-refractivity contribution in [3.05, 3.63) is 47.3 Å². The van der Waals surface area contributed by atoms with Gasteiger partial charge in [-0.25, -0.2) is 6.57 Å². The maximum atomic E-state index is 6.93. The average Bonchev–Trinajstić information content (AvgIpc) is 2.19. The molecular weight excluding hydrogens is 174 g/mol. The Hall–Kier alpha value is -1.33. The zero-order valence-corrected chi connectivity index (χ0v) is 8.66. The maximum absolute atomic E-state index is 6.93. The summed E-state index contributed by atoms with van der Waals surface area (Å²) in [7, 11) is 0. The van der Waals surface area contributed by atoms with E-state index in [4.69, 9.17) is 11.3 Å². The molecule has 0 fully saturated rings. The van der Waals surface area contributed by atoms with Crippen LogP contribution in [0.1, 0.15) is 19.4 Å². The second kappa shape index (κ2) is 4.78. The fourth-order valence-electron chi connectivity index (χ4n) is 1.03. The van der Waals surface area contributed by atoms with Crippen LogP contribution in [0, 0.1) is 6.57 Å². The van der Waals surface area contributed by atoms with Crippen LogP contribution < -0.4 is 0 Å². The van der Waals surface area contributed by atoms with Crippen molar-refractivity contribution in [1.29, 1.82) is 0 Å². The third-order valence-electron chi connectivity index (χ3n) is 1.87. The van der Waals surface area contributed by atoms with Crippen molar-refractivity contribution in [2.75, 3.05) is 6.61 Å². The summed E-state index contributed by atoms with van der Waals surface area (Å²) in [6.07, 6.45) is 0.